The summed E-state index contributed by atoms with van der Waals surface area (Å²) in [6.07, 6.45) is 6.87. The summed E-state index contributed by atoms with van der Waals surface area (Å²) in [6.45, 7) is 3.62. The summed E-state index contributed by atoms with van der Waals surface area (Å²) in [5.74, 6) is -1.09. The number of ether oxygens (including phenoxy) is 2. The topological polar surface area (TPSA) is 98.9 Å². The van der Waals surface area contributed by atoms with Gasteiger partial charge in [0.25, 0.3) is 0 Å². The van der Waals surface area contributed by atoms with Gasteiger partial charge in [-0.1, -0.05) is 51.2 Å². The largest absolute Gasteiger partial charge is 0.508 e. The van der Waals surface area contributed by atoms with Crippen LogP contribution in [0, 0.1) is 0 Å². The molecule has 0 spiro atoms. The van der Waals surface area contributed by atoms with Crippen molar-refractivity contribution in [2.75, 3.05) is 13.2 Å². The molecule has 1 aromatic rings. The molecule has 27 heavy (non-hydrogen) atoms. The average Bonchev–Trinajstić information content (AvgIpc) is 2.60. The summed E-state index contributed by atoms with van der Waals surface area (Å²) in [6, 6.07) is 6.41. The fourth-order valence-corrected chi connectivity index (χ4v) is 2.51. The highest BCUT2D eigenvalue weighted by molar-refractivity contribution is 5.85. The van der Waals surface area contributed by atoms with Crippen molar-refractivity contribution in [2.45, 2.75) is 64.3 Å². The average molecular weight is 402 g/mol. The summed E-state index contributed by atoms with van der Waals surface area (Å²) >= 11 is 0. The Balaban J connectivity index is 0.00000676. The number of carbonyl (C=O) groups excluding carboxylic acids is 2. The first-order valence-corrected chi connectivity index (χ1v) is 9.25. The lowest BCUT2D eigenvalue weighted by molar-refractivity contribution is -0.161. The minimum Gasteiger partial charge on any atom is -0.508 e. The Morgan fingerprint density at radius 3 is 2.26 bits per heavy atom. The molecule has 7 heteroatoms. The number of halogens is 1. The van der Waals surface area contributed by atoms with E-state index in [2.05, 4.69) is 6.92 Å². The van der Waals surface area contributed by atoms with Gasteiger partial charge in [0.2, 0.25) is 0 Å². The number of hydrogen-bond acceptors (Lipinski definition) is 6. The van der Waals surface area contributed by atoms with Crippen LogP contribution in [0.25, 0.3) is 0 Å². The zero-order chi connectivity index (χ0) is 19.4. The van der Waals surface area contributed by atoms with Gasteiger partial charge in [-0.05, 0) is 31.0 Å². The second-order valence-corrected chi connectivity index (χ2v) is 6.83. The van der Waals surface area contributed by atoms with E-state index in [1.165, 1.54) is 31.4 Å². The molecule has 6 nitrogen and oxygen atoms in total. The molecule has 0 amide bonds. The number of aromatic hydroxyl groups is 1. The van der Waals surface area contributed by atoms with E-state index in [4.69, 9.17) is 15.2 Å². The Hall–Kier alpha value is -1.79. The lowest BCUT2D eigenvalue weighted by Crippen LogP contribution is -2.48. The molecule has 0 radical (unpaired) electrons. The van der Waals surface area contributed by atoms with Crippen LogP contribution in [-0.4, -0.2) is 35.8 Å². The van der Waals surface area contributed by atoms with Crippen LogP contribution in [0.1, 0.15) is 57.9 Å². The van der Waals surface area contributed by atoms with Crippen LogP contribution >= 0.6 is 12.4 Å². The summed E-state index contributed by atoms with van der Waals surface area (Å²) < 4.78 is 10.0. The minimum absolute atomic E-state index is 0. The van der Waals surface area contributed by atoms with E-state index < -0.39 is 24.1 Å². The number of rotatable bonds is 12. The van der Waals surface area contributed by atoms with Gasteiger partial charge in [-0.25, -0.2) is 4.79 Å². The zero-order valence-corrected chi connectivity index (χ0v) is 17.1. The molecule has 154 valence electrons. The van der Waals surface area contributed by atoms with Crippen molar-refractivity contribution in [3.63, 3.8) is 0 Å². The number of unbranched alkanes of at least 4 members (excludes halogenated alkanes) is 5. The quantitative estimate of drug-likeness (QED) is 0.410. The lowest BCUT2D eigenvalue weighted by Gasteiger charge is -2.22. The van der Waals surface area contributed by atoms with Crippen LogP contribution < -0.4 is 5.73 Å². The van der Waals surface area contributed by atoms with Gasteiger partial charge in [0.05, 0.1) is 6.61 Å². The van der Waals surface area contributed by atoms with E-state index in [9.17, 15) is 14.7 Å². The van der Waals surface area contributed by atoms with Crippen molar-refractivity contribution >= 4 is 24.3 Å². The molecule has 0 saturated carbocycles. The predicted octanol–water partition coefficient (Wildman–Crippen LogP) is 3.52. The monoisotopic (exact) mass is 401 g/mol. The van der Waals surface area contributed by atoms with Gasteiger partial charge in [0.15, 0.2) is 6.61 Å². The van der Waals surface area contributed by atoms with E-state index in [0.29, 0.717) is 6.61 Å². The molecule has 0 aromatic heterocycles. The van der Waals surface area contributed by atoms with Crippen LogP contribution in [0.5, 0.6) is 5.75 Å². The molecular formula is C20H32ClNO5. The first-order chi connectivity index (χ1) is 12.3. The van der Waals surface area contributed by atoms with Crippen molar-refractivity contribution < 1.29 is 24.2 Å². The highest BCUT2D eigenvalue weighted by Gasteiger charge is 2.31. The van der Waals surface area contributed by atoms with E-state index in [1.54, 1.807) is 19.1 Å². The number of hydrogen-bond donors (Lipinski definition) is 2. The molecule has 0 fully saturated rings. The molecular weight excluding hydrogens is 370 g/mol. The SMILES string of the molecule is CCCCCCCCOC(=O)COC(=O)C(C)(N)Cc1ccc(O)cc1.Cl. The van der Waals surface area contributed by atoms with Crippen LogP contribution in [0.3, 0.4) is 0 Å². The zero-order valence-electron chi connectivity index (χ0n) is 16.2. The molecule has 1 unspecified atom stereocenters. The fourth-order valence-electron chi connectivity index (χ4n) is 2.51. The van der Waals surface area contributed by atoms with Crippen molar-refractivity contribution in [2.24, 2.45) is 5.73 Å². The maximum absolute atomic E-state index is 12.1. The minimum atomic E-state index is -1.27. The van der Waals surface area contributed by atoms with Crippen LogP contribution in [0.2, 0.25) is 0 Å². The van der Waals surface area contributed by atoms with Crippen LogP contribution in [-0.2, 0) is 25.5 Å². The van der Waals surface area contributed by atoms with Gasteiger partial charge in [0, 0.05) is 6.42 Å². The Labute approximate surface area is 167 Å². The number of nitrogens with two attached hydrogens (primary N) is 1. The summed E-state index contributed by atoms with van der Waals surface area (Å²) in [5.41, 5.74) is 5.53. The molecule has 0 aliphatic heterocycles. The predicted molar refractivity (Wildman–Crippen MR) is 107 cm³/mol. The maximum Gasteiger partial charge on any atom is 0.344 e. The van der Waals surface area contributed by atoms with E-state index in [0.717, 1.165) is 24.8 Å². The molecule has 3 N–H and O–H groups in total. The van der Waals surface area contributed by atoms with Crippen molar-refractivity contribution in [1.82, 2.24) is 0 Å². The molecule has 1 rings (SSSR count). The normalized spacial score (nSPS) is 12.6. The Morgan fingerprint density at radius 2 is 1.63 bits per heavy atom. The third kappa shape index (κ3) is 10.8. The number of esters is 2. The summed E-state index contributed by atoms with van der Waals surface area (Å²) in [5, 5.41) is 9.28. The summed E-state index contributed by atoms with van der Waals surface area (Å²) in [4.78, 5) is 23.8. The van der Waals surface area contributed by atoms with Gasteiger partial charge in [-0.3, -0.25) is 4.79 Å². The smallest absolute Gasteiger partial charge is 0.344 e. The van der Waals surface area contributed by atoms with Crippen LogP contribution in [0.4, 0.5) is 0 Å². The first kappa shape index (κ1) is 25.2. The Morgan fingerprint density at radius 1 is 1.04 bits per heavy atom. The third-order valence-corrected chi connectivity index (χ3v) is 4.06. The lowest BCUT2D eigenvalue weighted by atomic mass is 9.94. The molecule has 0 saturated heterocycles. The highest BCUT2D eigenvalue weighted by atomic mass is 35.5. The van der Waals surface area contributed by atoms with E-state index >= 15 is 0 Å². The number of benzene rings is 1. The van der Waals surface area contributed by atoms with Gasteiger partial charge in [-0.15, -0.1) is 12.4 Å². The Bertz CT molecular complexity index is 560. The molecule has 0 bridgehead atoms. The second-order valence-electron chi connectivity index (χ2n) is 6.83. The Kier molecular flexibility index (Phi) is 12.5. The van der Waals surface area contributed by atoms with Crippen molar-refractivity contribution in [3.05, 3.63) is 29.8 Å². The molecule has 1 atom stereocenters. The van der Waals surface area contributed by atoms with E-state index in [-0.39, 0.29) is 24.6 Å². The van der Waals surface area contributed by atoms with E-state index in [1.807, 2.05) is 0 Å². The van der Waals surface area contributed by atoms with Crippen LogP contribution in [0.15, 0.2) is 24.3 Å². The van der Waals surface area contributed by atoms with Crippen molar-refractivity contribution in [1.29, 1.82) is 0 Å². The van der Waals surface area contributed by atoms with Gasteiger partial charge < -0.3 is 20.3 Å². The van der Waals surface area contributed by atoms with Gasteiger partial charge in [-0.2, -0.15) is 0 Å². The summed E-state index contributed by atoms with van der Waals surface area (Å²) in [7, 11) is 0. The molecule has 0 aliphatic carbocycles. The van der Waals surface area contributed by atoms with Gasteiger partial charge >= 0.3 is 11.9 Å². The number of phenols is 1. The number of carbonyl (C=O) groups is 2. The molecule has 0 heterocycles. The van der Waals surface area contributed by atoms with Crippen molar-refractivity contribution in [3.8, 4) is 5.75 Å². The second kappa shape index (κ2) is 13.4. The number of phenolic OH excluding ortho intramolecular Hbond substituents is 1. The molecule has 1 aromatic carbocycles. The first-order valence-electron chi connectivity index (χ1n) is 9.25. The fraction of sp³-hybridized carbons (Fsp3) is 0.600. The third-order valence-electron chi connectivity index (χ3n) is 4.06. The standard InChI is InChI=1S/C20H31NO5.ClH/c1-3-4-5-6-7-8-13-25-18(23)15-26-19(24)20(2,21)14-16-9-11-17(22)12-10-16;/h9-12,22H,3-8,13-15,21H2,1-2H3;1H. The van der Waals surface area contributed by atoms with Gasteiger partial charge in [0.1, 0.15) is 11.3 Å². The highest BCUT2D eigenvalue weighted by Crippen LogP contribution is 2.16. The maximum atomic E-state index is 12.1. The molecule has 0 aliphatic rings.